The van der Waals surface area contributed by atoms with Gasteiger partial charge in [-0.3, -0.25) is 9.59 Å². The molecule has 0 bridgehead atoms. The summed E-state index contributed by atoms with van der Waals surface area (Å²) in [6, 6.07) is 14.4. The van der Waals surface area contributed by atoms with Crippen LogP contribution in [-0.2, 0) is 0 Å². The molecule has 0 aromatic heterocycles. The van der Waals surface area contributed by atoms with E-state index in [-0.39, 0.29) is 39.4 Å². The number of nitrogen functional groups attached to an aromatic ring is 2. The van der Waals surface area contributed by atoms with E-state index in [1.165, 1.54) is 6.07 Å². The maximum atomic E-state index is 12.9. The lowest BCUT2D eigenvalue weighted by Gasteiger charge is -2.21. The van der Waals surface area contributed by atoms with Crippen molar-refractivity contribution in [1.29, 1.82) is 0 Å². The zero-order valence-electron chi connectivity index (χ0n) is 13.5. The monoisotopic (exact) mass is 346 g/mol. The van der Waals surface area contributed by atoms with E-state index in [1.807, 2.05) is 0 Å². The fraction of sp³-hybridized carbons (Fsp3) is 0. The first-order chi connectivity index (χ1) is 12.5. The van der Waals surface area contributed by atoms with E-state index in [0.717, 1.165) is 0 Å². The zero-order valence-corrected chi connectivity index (χ0v) is 13.5. The van der Waals surface area contributed by atoms with Gasteiger partial charge in [-0.15, -0.1) is 0 Å². The van der Waals surface area contributed by atoms with Crippen molar-refractivity contribution in [2.75, 3.05) is 11.5 Å². The Hall–Kier alpha value is -3.80. The minimum Gasteiger partial charge on any atom is -0.507 e. The quantitative estimate of drug-likeness (QED) is 0.379. The first kappa shape index (κ1) is 15.7. The van der Waals surface area contributed by atoms with Gasteiger partial charge in [-0.05, 0) is 12.1 Å². The van der Waals surface area contributed by atoms with E-state index in [0.29, 0.717) is 11.4 Å². The Labute approximate surface area is 148 Å². The maximum Gasteiger partial charge on any atom is 0.198 e. The predicted molar refractivity (Wildman–Crippen MR) is 96.8 cm³/mol. The summed E-state index contributed by atoms with van der Waals surface area (Å²) in [7, 11) is 0. The number of nitrogens with two attached hydrogens (primary N) is 2. The normalized spacial score (nSPS) is 12.5. The van der Waals surface area contributed by atoms with Gasteiger partial charge in [0.05, 0.1) is 22.5 Å². The number of phenolic OH excluding ortho intramolecular Hbond substituents is 1. The molecule has 0 radical (unpaired) electrons. The number of aromatic hydroxyl groups is 1. The minimum absolute atomic E-state index is 0.0195. The number of ketones is 2. The number of para-hydroxylation sites is 2. The Morgan fingerprint density at radius 3 is 2.00 bits per heavy atom. The molecule has 6 heteroatoms. The number of carbonyl (C=O) groups is 2. The standard InChI is InChI=1S/C20H14N2O4/c21-12-7-3-4-8-14(12)26-15-9-13(23)16-17(18(15)22)20(25)11-6-2-1-5-10(11)19(16)24/h1-9,23H,21-22H2. The van der Waals surface area contributed by atoms with Crippen LogP contribution in [0.2, 0.25) is 0 Å². The fourth-order valence-corrected chi connectivity index (χ4v) is 3.05. The van der Waals surface area contributed by atoms with Gasteiger partial charge in [0.2, 0.25) is 0 Å². The molecule has 0 spiro atoms. The minimum atomic E-state index is -0.454. The van der Waals surface area contributed by atoms with Crippen molar-refractivity contribution in [3.05, 3.63) is 76.9 Å². The lowest BCUT2D eigenvalue weighted by Crippen LogP contribution is -2.22. The third kappa shape index (κ3) is 2.20. The molecule has 3 aromatic carbocycles. The fourth-order valence-electron chi connectivity index (χ4n) is 3.05. The number of fused-ring (bicyclic) bond motifs is 2. The molecule has 0 aliphatic heterocycles. The molecule has 0 saturated heterocycles. The summed E-state index contributed by atoms with van der Waals surface area (Å²) in [5.41, 5.74) is 12.7. The SMILES string of the molecule is Nc1ccccc1Oc1cc(O)c2c(c1N)C(=O)c1ccccc1C2=O. The molecule has 0 saturated carbocycles. The highest BCUT2D eigenvalue weighted by molar-refractivity contribution is 6.31. The predicted octanol–water partition coefficient (Wildman–Crippen LogP) is 3.12. The lowest BCUT2D eigenvalue weighted by atomic mass is 9.82. The number of rotatable bonds is 2. The average molecular weight is 346 g/mol. The van der Waals surface area contributed by atoms with E-state index in [9.17, 15) is 14.7 Å². The van der Waals surface area contributed by atoms with Crippen LogP contribution < -0.4 is 16.2 Å². The van der Waals surface area contributed by atoms with E-state index >= 15 is 0 Å². The van der Waals surface area contributed by atoms with E-state index < -0.39 is 11.6 Å². The molecule has 1 aliphatic rings. The molecular weight excluding hydrogens is 332 g/mol. The largest absolute Gasteiger partial charge is 0.507 e. The van der Waals surface area contributed by atoms with Crippen molar-refractivity contribution < 1.29 is 19.4 Å². The molecule has 0 atom stereocenters. The molecule has 3 aromatic rings. The summed E-state index contributed by atoms with van der Waals surface area (Å²) < 4.78 is 5.68. The highest BCUT2D eigenvalue weighted by Gasteiger charge is 2.35. The Kier molecular flexibility index (Phi) is 3.40. The lowest BCUT2D eigenvalue weighted by molar-refractivity contribution is 0.0977. The number of carbonyl (C=O) groups excluding carboxylic acids is 2. The first-order valence-electron chi connectivity index (χ1n) is 7.85. The second-order valence-corrected chi connectivity index (χ2v) is 5.90. The maximum absolute atomic E-state index is 12.9. The van der Waals surface area contributed by atoms with Gasteiger partial charge in [-0.25, -0.2) is 0 Å². The summed E-state index contributed by atoms with van der Waals surface area (Å²) in [6.07, 6.45) is 0. The van der Waals surface area contributed by atoms with Crippen molar-refractivity contribution in [2.45, 2.75) is 0 Å². The van der Waals surface area contributed by atoms with Crippen LogP contribution in [-0.4, -0.2) is 16.7 Å². The summed E-state index contributed by atoms with van der Waals surface area (Å²) in [5, 5.41) is 10.4. The smallest absolute Gasteiger partial charge is 0.198 e. The number of ether oxygens (including phenoxy) is 1. The van der Waals surface area contributed by atoms with Crippen molar-refractivity contribution >= 4 is 22.9 Å². The van der Waals surface area contributed by atoms with Gasteiger partial charge in [0.15, 0.2) is 17.3 Å². The van der Waals surface area contributed by atoms with E-state index in [4.69, 9.17) is 16.2 Å². The molecular formula is C20H14N2O4. The highest BCUT2D eigenvalue weighted by atomic mass is 16.5. The van der Waals surface area contributed by atoms with Crippen molar-refractivity contribution in [2.24, 2.45) is 0 Å². The molecule has 6 nitrogen and oxygen atoms in total. The molecule has 5 N–H and O–H groups in total. The van der Waals surface area contributed by atoms with Crippen LogP contribution in [0.1, 0.15) is 31.8 Å². The van der Waals surface area contributed by atoms with Crippen LogP contribution in [0.4, 0.5) is 11.4 Å². The second-order valence-electron chi connectivity index (χ2n) is 5.90. The molecule has 0 heterocycles. The molecule has 26 heavy (non-hydrogen) atoms. The number of hydrogen-bond acceptors (Lipinski definition) is 6. The molecule has 0 fully saturated rings. The third-order valence-electron chi connectivity index (χ3n) is 4.32. The van der Waals surface area contributed by atoms with Crippen LogP contribution >= 0.6 is 0 Å². The van der Waals surface area contributed by atoms with Crippen LogP contribution in [0, 0.1) is 0 Å². The van der Waals surface area contributed by atoms with Gasteiger partial charge in [0.1, 0.15) is 11.5 Å². The summed E-state index contributed by atoms with van der Waals surface area (Å²) >= 11 is 0. The van der Waals surface area contributed by atoms with Crippen LogP contribution in [0.5, 0.6) is 17.2 Å². The number of hydrogen-bond donors (Lipinski definition) is 3. The van der Waals surface area contributed by atoms with Gasteiger partial charge >= 0.3 is 0 Å². The Bertz CT molecular complexity index is 1090. The summed E-state index contributed by atoms with van der Waals surface area (Å²) in [5.74, 6) is -0.876. The number of phenols is 1. The first-order valence-corrected chi connectivity index (χ1v) is 7.85. The Morgan fingerprint density at radius 2 is 1.35 bits per heavy atom. The molecule has 0 unspecified atom stereocenters. The molecule has 1 aliphatic carbocycles. The van der Waals surface area contributed by atoms with Gasteiger partial charge in [-0.1, -0.05) is 36.4 Å². The molecule has 4 rings (SSSR count). The second kappa shape index (κ2) is 5.63. The Morgan fingerprint density at radius 1 is 0.769 bits per heavy atom. The van der Waals surface area contributed by atoms with Crippen LogP contribution in [0.3, 0.4) is 0 Å². The average Bonchev–Trinajstić information content (AvgIpc) is 2.64. The van der Waals surface area contributed by atoms with Gasteiger partial charge in [-0.2, -0.15) is 0 Å². The molecule has 128 valence electrons. The van der Waals surface area contributed by atoms with Crippen LogP contribution in [0.25, 0.3) is 0 Å². The number of benzene rings is 3. The summed E-state index contributed by atoms with van der Waals surface area (Å²) in [6.45, 7) is 0. The van der Waals surface area contributed by atoms with Crippen molar-refractivity contribution in [1.82, 2.24) is 0 Å². The van der Waals surface area contributed by atoms with Gasteiger partial charge in [0, 0.05) is 17.2 Å². The van der Waals surface area contributed by atoms with Crippen molar-refractivity contribution in [3.8, 4) is 17.2 Å². The van der Waals surface area contributed by atoms with Crippen molar-refractivity contribution in [3.63, 3.8) is 0 Å². The van der Waals surface area contributed by atoms with Gasteiger partial charge < -0.3 is 21.3 Å². The Balaban J connectivity index is 1.90. The third-order valence-corrected chi connectivity index (χ3v) is 4.32. The number of anilines is 2. The van der Waals surface area contributed by atoms with Crippen LogP contribution in [0.15, 0.2) is 54.6 Å². The molecule has 0 amide bonds. The van der Waals surface area contributed by atoms with Gasteiger partial charge in [0.25, 0.3) is 0 Å². The highest BCUT2D eigenvalue weighted by Crippen LogP contribution is 2.43. The van der Waals surface area contributed by atoms with E-state index in [2.05, 4.69) is 0 Å². The summed E-state index contributed by atoms with van der Waals surface area (Å²) in [4.78, 5) is 25.6. The van der Waals surface area contributed by atoms with E-state index in [1.54, 1.807) is 48.5 Å². The topological polar surface area (TPSA) is 116 Å². The zero-order chi connectivity index (χ0) is 18.4.